The number of rotatable bonds is 4. The summed E-state index contributed by atoms with van der Waals surface area (Å²) < 4.78 is 26.7. The van der Waals surface area contributed by atoms with Gasteiger partial charge in [-0.2, -0.15) is 11.3 Å². The smallest absolute Gasteiger partial charge is 0.322 e. The monoisotopic (exact) mass is 365 g/mol. The van der Waals surface area contributed by atoms with Crippen molar-refractivity contribution in [2.45, 2.75) is 12.5 Å². The normalized spacial score (nSPS) is 19.9. The molecule has 9 heteroatoms. The standard InChI is InChI=1S/C16H13F2N3O3S/c1-16(9-4-5-25-8-9)14(23)21(15(24)20-16)7-13(22)19-12-6-10(17)2-3-11(12)18/h2-6,8H,7H2,1H3,(H,19,22)(H,20,24)/t16-/m1/s1. The van der Waals surface area contributed by atoms with Crippen LogP contribution in [0, 0.1) is 11.6 Å². The van der Waals surface area contributed by atoms with Crippen molar-refractivity contribution in [3.63, 3.8) is 0 Å². The lowest BCUT2D eigenvalue weighted by molar-refractivity contribution is -0.133. The van der Waals surface area contributed by atoms with Gasteiger partial charge in [0.15, 0.2) is 0 Å². The number of thiophene rings is 1. The number of nitrogens with one attached hydrogen (secondary N) is 2. The van der Waals surface area contributed by atoms with Gasteiger partial charge in [0.25, 0.3) is 5.91 Å². The summed E-state index contributed by atoms with van der Waals surface area (Å²) in [4.78, 5) is 37.5. The number of hydrogen-bond donors (Lipinski definition) is 2. The fourth-order valence-electron chi connectivity index (χ4n) is 2.51. The highest BCUT2D eigenvalue weighted by Crippen LogP contribution is 2.30. The number of imide groups is 1. The molecule has 1 aromatic heterocycles. The van der Waals surface area contributed by atoms with Gasteiger partial charge in [0.2, 0.25) is 5.91 Å². The topological polar surface area (TPSA) is 78.5 Å². The molecule has 1 aliphatic rings. The Hall–Kier alpha value is -2.81. The predicted molar refractivity (Wildman–Crippen MR) is 86.9 cm³/mol. The molecular formula is C16H13F2N3O3S. The fourth-order valence-corrected chi connectivity index (χ4v) is 3.28. The number of urea groups is 1. The highest BCUT2D eigenvalue weighted by Gasteiger charge is 2.49. The molecule has 0 unspecified atom stereocenters. The molecule has 0 radical (unpaired) electrons. The molecule has 1 saturated heterocycles. The zero-order valence-corrected chi connectivity index (χ0v) is 13.8. The number of amides is 4. The van der Waals surface area contributed by atoms with E-state index in [9.17, 15) is 23.2 Å². The second-order valence-corrected chi connectivity index (χ2v) is 6.41. The van der Waals surface area contributed by atoms with Crippen molar-refractivity contribution in [2.24, 2.45) is 0 Å². The van der Waals surface area contributed by atoms with Crippen LogP contribution < -0.4 is 10.6 Å². The van der Waals surface area contributed by atoms with Crippen molar-refractivity contribution in [3.05, 3.63) is 52.2 Å². The van der Waals surface area contributed by atoms with Crippen molar-refractivity contribution in [1.29, 1.82) is 0 Å². The molecule has 1 aliphatic heterocycles. The third-order valence-corrected chi connectivity index (χ3v) is 4.56. The Morgan fingerprint density at radius 1 is 1.32 bits per heavy atom. The zero-order chi connectivity index (χ0) is 18.2. The van der Waals surface area contributed by atoms with Gasteiger partial charge in [-0.25, -0.2) is 13.6 Å². The molecule has 0 spiro atoms. The summed E-state index contributed by atoms with van der Waals surface area (Å²) in [5, 5.41) is 8.20. The average Bonchev–Trinajstić information content (AvgIpc) is 3.16. The van der Waals surface area contributed by atoms with Gasteiger partial charge < -0.3 is 10.6 Å². The Kier molecular flexibility index (Phi) is 4.25. The molecule has 6 nitrogen and oxygen atoms in total. The molecule has 3 rings (SSSR count). The van der Waals surface area contributed by atoms with E-state index in [4.69, 9.17) is 0 Å². The highest BCUT2D eigenvalue weighted by atomic mass is 32.1. The van der Waals surface area contributed by atoms with Crippen molar-refractivity contribution < 1.29 is 23.2 Å². The van der Waals surface area contributed by atoms with Crippen LogP contribution >= 0.6 is 11.3 Å². The van der Waals surface area contributed by atoms with E-state index in [1.54, 1.807) is 23.8 Å². The van der Waals surface area contributed by atoms with Crippen LogP contribution in [0.1, 0.15) is 12.5 Å². The molecule has 0 aliphatic carbocycles. The molecule has 2 aromatic rings. The summed E-state index contributed by atoms with van der Waals surface area (Å²) in [5.74, 6) is -2.96. The molecule has 1 fully saturated rings. The van der Waals surface area contributed by atoms with E-state index in [2.05, 4.69) is 10.6 Å². The molecule has 0 saturated carbocycles. The van der Waals surface area contributed by atoms with Gasteiger partial charge in [-0.1, -0.05) is 0 Å². The van der Waals surface area contributed by atoms with Crippen LogP contribution in [-0.2, 0) is 15.1 Å². The maximum absolute atomic E-state index is 13.6. The van der Waals surface area contributed by atoms with E-state index >= 15 is 0 Å². The molecule has 1 aromatic carbocycles. The zero-order valence-electron chi connectivity index (χ0n) is 13.0. The van der Waals surface area contributed by atoms with E-state index in [0.717, 1.165) is 23.1 Å². The summed E-state index contributed by atoms with van der Waals surface area (Å²) in [6.07, 6.45) is 0. The Balaban J connectivity index is 1.74. The summed E-state index contributed by atoms with van der Waals surface area (Å²) in [6, 6.07) is 3.57. The second kappa shape index (κ2) is 6.25. The Labute approximate surface area is 145 Å². The van der Waals surface area contributed by atoms with E-state index in [1.165, 1.54) is 11.3 Å². The lowest BCUT2D eigenvalue weighted by Crippen LogP contribution is -2.41. The highest BCUT2D eigenvalue weighted by molar-refractivity contribution is 7.08. The summed E-state index contributed by atoms with van der Waals surface area (Å²) >= 11 is 1.37. The molecule has 2 heterocycles. The molecule has 4 amide bonds. The Bertz CT molecular complexity index is 856. The first-order valence-corrected chi connectivity index (χ1v) is 8.17. The van der Waals surface area contributed by atoms with Gasteiger partial charge in [-0.15, -0.1) is 0 Å². The van der Waals surface area contributed by atoms with Crippen LogP contribution in [-0.4, -0.2) is 29.3 Å². The minimum absolute atomic E-state index is 0.363. The number of carbonyl (C=O) groups excluding carboxylic acids is 3. The Morgan fingerprint density at radius 2 is 2.08 bits per heavy atom. The molecule has 0 bridgehead atoms. The molecule has 25 heavy (non-hydrogen) atoms. The third-order valence-electron chi connectivity index (χ3n) is 3.88. The van der Waals surface area contributed by atoms with Crippen molar-refractivity contribution in [3.8, 4) is 0 Å². The maximum Gasteiger partial charge on any atom is 0.325 e. The lowest BCUT2D eigenvalue weighted by atomic mass is 9.95. The van der Waals surface area contributed by atoms with Crippen LogP contribution in [0.2, 0.25) is 0 Å². The SMILES string of the molecule is C[C@]1(c2ccsc2)NC(=O)N(CC(=O)Nc2cc(F)ccc2F)C1=O. The van der Waals surface area contributed by atoms with Crippen LogP contribution in [0.15, 0.2) is 35.0 Å². The van der Waals surface area contributed by atoms with E-state index in [1.807, 2.05) is 0 Å². The van der Waals surface area contributed by atoms with Crippen molar-refractivity contribution in [1.82, 2.24) is 10.2 Å². The van der Waals surface area contributed by atoms with Crippen LogP contribution in [0.4, 0.5) is 19.3 Å². The van der Waals surface area contributed by atoms with Crippen molar-refractivity contribution in [2.75, 3.05) is 11.9 Å². The van der Waals surface area contributed by atoms with Crippen molar-refractivity contribution >= 4 is 34.9 Å². The summed E-state index contributed by atoms with van der Waals surface area (Å²) in [6.45, 7) is 0.930. The van der Waals surface area contributed by atoms with Gasteiger partial charge >= 0.3 is 6.03 Å². The number of halogens is 2. The quantitative estimate of drug-likeness (QED) is 0.817. The molecule has 2 N–H and O–H groups in total. The number of hydrogen-bond acceptors (Lipinski definition) is 4. The van der Waals surface area contributed by atoms with E-state index in [-0.39, 0.29) is 5.69 Å². The fraction of sp³-hybridized carbons (Fsp3) is 0.188. The summed E-state index contributed by atoms with van der Waals surface area (Å²) in [5.41, 5.74) is -1.02. The first-order chi connectivity index (χ1) is 11.8. The van der Waals surface area contributed by atoms with E-state index in [0.29, 0.717) is 5.56 Å². The lowest BCUT2D eigenvalue weighted by Gasteiger charge is -2.20. The van der Waals surface area contributed by atoms with Gasteiger partial charge in [0.05, 0.1) is 5.69 Å². The van der Waals surface area contributed by atoms with Gasteiger partial charge in [0, 0.05) is 6.07 Å². The van der Waals surface area contributed by atoms with Crippen LogP contribution in [0.3, 0.4) is 0 Å². The minimum atomic E-state index is -1.26. The Morgan fingerprint density at radius 3 is 2.76 bits per heavy atom. The van der Waals surface area contributed by atoms with Gasteiger partial charge in [0.1, 0.15) is 23.7 Å². The van der Waals surface area contributed by atoms with E-state index < -0.39 is 41.6 Å². The average molecular weight is 365 g/mol. The second-order valence-electron chi connectivity index (χ2n) is 5.63. The largest absolute Gasteiger partial charge is 0.325 e. The minimum Gasteiger partial charge on any atom is -0.322 e. The molecule has 130 valence electrons. The third kappa shape index (κ3) is 3.10. The van der Waals surface area contributed by atoms with Crippen LogP contribution in [0.5, 0.6) is 0 Å². The van der Waals surface area contributed by atoms with Gasteiger partial charge in [-0.3, -0.25) is 14.5 Å². The maximum atomic E-state index is 13.6. The first-order valence-electron chi connectivity index (χ1n) is 7.23. The predicted octanol–water partition coefficient (Wildman–Crippen LogP) is 2.43. The molecule has 1 atom stereocenters. The van der Waals surface area contributed by atoms with Crippen LogP contribution in [0.25, 0.3) is 0 Å². The summed E-state index contributed by atoms with van der Waals surface area (Å²) in [7, 11) is 0. The number of carbonyl (C=O) groups is 3. The van der Waals surface area contributed by atoms with Gasteiger partial charge in [-0.05, 0) is 41.4 Å². The number of anilines is 1. The number of nitrogens with zero attached hydrogens (tertiary/aromatic N) is 1. The first kappa shape index (κ1) is 17.0. The number of benzene rings is 1. The molecular weight excluding hydrogens is 352 g/mol.